The van der Waals surface area contributed by atoms with E-state index in [1.54, 1.807) is 31.6 Å². The average molecular weight is 425 g/mol. The fourth-order valence-corrected chi connectivity index (χ4v) is 5.81. The number of likely N-dealkylation sites (tertiary alicyclic amines) is 1. The van der Waals surface area contributed by atoms with Gasteiger partial charge in [0.15, 0.2) is 5.96 Å². The highest BCUT2D eigenvalue weighted by Crippen LogP contribution is 2.27. The number of aliphatic imine (C=N–C) groups is 1. The van der Waals surface area contributed by atoms with E-state index >= 15 is 0 Å². The number of thiophene rings is 1. The van der Waals surface area contributed by atoms with Crippen molar-refractivity contribution in [1.29, 1.82) is 0 Å². The molecule has 1 saturated heterocycles. The van der Waals surface area contributed by atoms with Crippen molar-refractivity contribution in [3.8, 4) is 0 Å². The molecule has 0 bridgehead atoms. The van der Waals surface area contributed by atoms with Crippen molar-refractivity contribution in [3.05, 3.63) is 36.2 Å². The summed E-state index contributed by atoms with van der Waals surface area (Å²) in [7, 11) is -0.0519. The molecule has 0 saturated carbocycles. The van der Waals surface area contributed by atoms with Gasteiger partial charge in [0.25, 0.3) is 10.0 Å². The molecule has 2 aromatic heterocycles. The molecule has 0 radical (unpaired) electrons. The minimum Gasteiger partial charge on any atom is -0.355 e. The summed E-state index contributed by atoms with van der Waals surface area (Å²) in [4.78, 5) is 10.8. The first-order valence-corrected chi connectivity index (χ1v) is 11.7. The molecular formula is C18H28N6O2S2. The van der Waals surface area contributed by atoms with Crippen LogP contribution < -0.4 is 5.32 Å². The third-order valence-corrected chi connectivity index (χ3v) is 8.44. The zero-order chi connectivity index (χ0) is 20.1. The zero-order valence-electron chi connectivity index (χ0n) is 16.5. The SMILES string of the molecule is CN=C(NCCN(C)S(=O)(=O)c1cccs1)N1CCC(C)C(n2ccnc2)C1. The summed E-state index contributed by atoms with van der Waals surface area (Å²) >= 11 is 1.23. The second-order valence-corrected chi connectivity index (χ2v) is 10.2. The number of hydrogen-bond donors (Lipinski definition) is 1. The van der Waals surface area contributed by atoms with Gasteiger partial charge in [-0.3, -0.25) is 4.99 Å². The van der Waals surface area contributed by atoms with Gasteiger partial charge in [-0.05, 0) is 23.8 Å². The minimum absolute atomic E-state index is 0.344. The summed E-state index contributed by atoms with van der Waals surface area (Å²) in [6.45, 7) is 4.91. The van der Waals surface area contributed by atoms with Gasteiger partial charge in [-0.15, -0.1) is 11.3 Å². The summed E-state index contributed by atoms with van der Waals surface area (Å²) in [5.41, 5.74) is 0. The highest BCUT2D eigenvalue weighted by Gasteiger charge is 2.29. The Balaban J connectivity index is 1.56. The first-order valence-electron chi connectivity index (χ1n) is 9.36. The topological polar surface area (TPSA) is 82.8 Å². The van der Waals surface area contributed by atoms with Crippen LogP contribution in [0.15, 0.2) is 45.4 Å². The van der Waals surface area contributed by atoms with E-state index in [1.165, 1.54) is 15.6 Å². The average Bonchev–Trinajstić information content (AvgIpc) is 3.39. The van der Waals surface area contributed by atoms with Crippen LogP contribution >= 0.6 is 11.3 Å². The van der Waals surface area contributed by atoms with Crippen molar-refractivity contribution in [2.45, 2.75) is 23.6 Å². The van der Waals surface area contributed by atoms with E-state index in [0.717, 1.165) is 25.5 Å². The Labute approximate surface area is 171 Å². The van der Waals surface area contributed by atoms with E-state index < -0.39 is 10.0 Å². The van der Waals surface area contributed by atoms with Crippen molar-refractivity contribution in [1.82, 2.24) is 24.1 Å². The number of sulfonamides is 1. The summed E-state index contributed by atoms with van der Waals surface area (Å²) in [6, 6.07) is 3.73. The van der Waals surface area contributed by atoms with Gasteiger partial charge in [0, 0.05) is 52.7 Å². The van der Waals surface area contributed by atoms with E-state index in [9.17, 15) is 8.42 Å². The predicted octanol–water partition coefficient (Wildman–Crippen LogP) is 1.72. The van der Waals surface area contributed by atoms with E-state index in [1.807, 2.05) is 18.7 Å². The van der Waals surface area contributed by atoms with Crippen LogP contribution in [0.5, 0.6) is 0 Å². The van der Waals surface area contributed by atoms with Gasteiger partial charge < -0.3 is 14.8 Å². The molecule has 0 aromatic carbocycles. The number of piperidine rings is 1. The Bertz CT molecular complexity index is 864. The van der Waals surface area contributed by atoms with Crippen LogP contribution in [0.1, 0.15) is 19.4 Å². The maximum absolute atomic E-state index is 12.5. The second-order valence-electron chi connectivity index (χ2n) is 7.02. The van der Waals surface area contributed by atoms with E-state index in [-0.39, 0.29) is 0 Å². The molecule has 0 spiro atoms. The highest BCUT2D eigenvalue weighted by molar-refractivity contribution is 7.91. The Morgan fingerprint density at radius 1 is 1.50 bits per heavy atom. The van der Waals surface area contributed by atoms with E-state index in [2.05, 4.69) is 31.7 Å². The summed E-state index contributed by atoms with van der Waals surface area (Å²) < 4.78 is 28.9. The number of aromatic nitrogens is 2. The molecule has 1 fully saturated rings. The number of guanidine groups is 1. The lowest BCUT2D eigenvalue weighted by Crippen LogP contribution is -2.50. The Kier molecular flexibility index (Phi) is 6.73. The Morgan fingerprint density at radius 2 is 2.32 bits per heavy atom. The fraction of sp³-hybridized carbons (Fsp3) is 0.556. The van der Waals surface area contributed by atoms with Crippen LogP contribution in [-0.2, 0) is 10.0 Å². The number of nitrogens with one attached hydrogen (secondary N) is 1. The molecule has 2 unspecified atom stereocenters. The molecule has 2 atom stereocenters. The van der Waals surface area contributed by atoms with Crippen LogP contribution in [-0.4, -0.2) is 73.4 Å². The van der Waals surface area contributed by atoms with Crippen molar-refractivity contribution >= 4 is 27.3 Å². The summed E-state index contributed by atoms with van der Waals surface area (Å²) in [5.74, 6) is 1.37. The number of rotatable bonds is 6. The van der Waals surface area contributed by atoms with Crippen LogP contribution in [0.3, 0.4) is 0 Å². The molecule has 10 heteroatoms. The number of imidazole rings is 1. The number of hydrogen-bond acceptors (Lipinski definition) is 5. The molecule has 0 amide bonds. The zero-order valence-corrected chi connectivity index (χ0v) is 18.2. The lowest BCUT2D eigenvalue weighted by atomic mass is 9.93. The van der Waals surface area contributed by atoms with Crippen LogP contribution in [0.4, 0.5) is 0 Å². The van der Waals surface area contributed by atoms with Crippen molar-refractivity contribution in [2.75, 3.05) is 40.3 Å². The number of likely N-dealkylation sites (N-methyl/N-ethyl adjacent to an activating group) is 1. The predicted molar refractivity (Wildman–Crippen MR) is 112 cm³/mol. The molecule has 3 rings (SSSR count). The molecule has 154 valence electrons. The second kappa shape index (κ2) is 9.06. The highest BCUT2D eigenvalue weighted by atomic mass is 32.2. The molecule has 0 aliphatic carbocycles. The van der Waals surface area contributed by atoms with Gasteiger partial charge in [-0.25, -0.2) is 13.4 Å². The standard InChI is InChI=1S/C18H28N6O2S2/c1-15-6-9-23(13-16(15)24-11-7-20-14-24)18(19-2)21-8-10-22(3)28(25,26)17-5-4-12-27-17/h4-5,7,11-12,14-16H,6,8-10,13H2,1-3H3,(H,19,21). The molecule has 1 aliphatic rings. The van der Waals surface area contributed by atoms with Gasteiger partial charge in [0.1, 0.15) is 4.21 Å². The number of nitrogens with zero attached hydrogens (tertiary/aromatic N) is 5. The van der Waals surface area contributed by atoms with E-state index in [0.29, 0.717) is 29.3 Å². The fourth-order valence-electron chi connectivity index (χ4n) is 3.44. The van der Waals surface area contributed by atoms with Crippen LogP contribution in [0.25, 0.3) is 0 Å². The Morgan fingerprint density at radius 3 is 2.96 bits per heavy atom. The first-order chi connectivity index (χ1) is 13.4. The molecule has 8 nitrogen and oxygen atoms in total. The molecular weight excluding hydrogens is 396 g/mol. The van der Waals surface area contributed by atoms with Gasteiger partial charge >= 0.3 is 0 Å². The molecule has 1 aliphatic heterocycles. The maximum atomic E-state index is 12.5. The molecule has 28 heavy (non-hydrogen) atoms. The maximum Gasteiger partial charge on any atom is 0.252 e. The van der Waals surface area contributed by atoms with Crippen molar-refractivity contribution in [2.24, 2.45) is 10.9 Å². The largest absolute Gasteiger partial charge is 0.355 e. The third-order valence-electron chi connectivity index (χ3n) is 5.21. The summed E-state index contributed by atoms with van der Waals surface area (Å²) in [6.07, 6.45) is 6.75. The monoisotopic (exact) mass is 424 g/mol. The summed E-state index contributed by atoms with van der Waals surface area (Å²) in [5, 5.41) is 5.09. The van der Waals surface area contributed by atoms with Gasteiger partial charge in [0.2, 0.25) is 0 Å². The smallest absolute Gasteiger partial charge is 0.252 e. The van der Waals surface area contributed by atoms with Crippen molar-refractivity contribution in [3.63, 3.8) is 0 Å². The van der Waals surface area contributed by atoms with Gasteiger partial charge in [-0.2, -0.15) is 4.31 Å². The van der Waals surface area contributed by atoms with Gasteiger partial charge in [-0.1, -0.05) is 13.0 Å². The van der Waals surface area contributed by atoms with Crippen LogP contribution in [0.2, 0.25) is 0 Å². The van der Waals surface area contributed by atoms with Crippen molar-refractivity contribution < 1.29 is 8.42 Å². The molecule has 1 N–H and O–H groups in total. The van der Waals surface area contributed by atoms with E-state index in [4.69, 9.17) is 0 Å². The molecule has 3 heterocycles. The lowest BCUT2D eigenvalue weighted by molar-refractivity contribution is 0.189. The van der Waals surface area contributed by atoms with Crippen LogP contribution in [0, 0.1) is 5.92 Å². The third kappa shape index (κ3) is 4.56. The molecule has 2 aromatic rings. The Hall–Kier alpha value is -1.91. The normalized spacial score (nSPS) is 21.3. The lowest BCUT2D eigenvalue weighted by Gasteiger charge is -2.39. The first kappa shape index (κ1) is 20.8. The van der Waals surface area contributed by atoms with Gasteiger partial charge in [0.05, 0.1) is 12.4 Å². The quantitative estimate of drug-likeness (QED) is 0.564. The minimum atomic E-state index is -3.42.